The Bertz CT molecular complexity index is 649. The number of aryl methyl sites for hydroxylation is 1. The average molecular weight is 286 g/mol. The lowest BCUT2D eigenvalue weighted by Crippen LogP contribution is -2.15. The molecule has 2 aromatic rings. The van der Waals surface area contributed by atoms with Gasteiger partial charge in [0.1, 0.15) is 11.5 Å². The number of hydrogen-bond donors (Lipinski definition) is 1. The van der Waals surface area contributed by atoms with Gasteiger partial charge in [-0.25, -0.2) is 0 Å². The molecule has 0 radical (unpaired) electrons. The summed E-state index contributed by atoms with van der Waals surface area (Å²) < 4.78 is 10.6. The molecule has 0 saturated heterocycles. The highest BCUT2D eigenvalue weighted by molar-refractivity contribution is 6.04. The number of hydrogen-bond acceptors (Lipinski definition) is 4. The Kier molecular flexibility index (Phi) is 3.90. The largest absolute Gasteiger partial charge is 0.495 e. The fourth-order valence-electron chi connectivity index (χ4n) is 2.67. The third kappa shape index (κ3) is 2.77. The van der Waals surface area contributed by atoms with Gasteiger partial charge in [0, 0.05) is 12.0 Å². The smallest absolute Gasteiger partial charge is 0.278 e. The lowest BCUT2D eigenvalue weighted by Gasteiger charge is -2.09. The Labute approximate surface area is 123 Å². The maximum atomic E-state index is 12.4. The summed E-state index contributed by atoms with van der Waals surface area (Å²) in [5.41, 5.74) is 1.99. The van der Waals surface area contributed by atoms with Crippen molar-refractivity contribution in [1.29, 1.82) is 0 Å². The lowest BCUT2D eigenvalue weighted by molar-refractivity contribution is 0.101. The molecule has 1 N–H and O–H groups in total. The molecule has 3 rings (SSSR count). The molecule has 0 fully saturated rings. The molecule has 0 atom stereocenters. The second kappa shape index (κ2) is 5.99. The first-order valence-electron chi connectivity index (χ1n) is 7.21. The van der Waals surface area contributed by atoms with Gasteiger partial charge in [0.05, 0.1) is 12.8 Å². The lowest BCUT2D eigenvalue weighted by atomic mass is 10.1. The summed E-state index contributed by atoms with van der Waals surface area (Å²) in [5, 5.41) is 6.81. The fraction of sp³-hybridized carbons (Fsp3) is 0.375. The SMILES string of the molecule is COc1ccccc1NC(=O)c1noc2c1CCCCC2. The summed E-state index contributed by atoms with van der Waals surface area (Å²) in [6.07, 6.45) is 5.05. The minimum atomic E-state index is -0.244. The van der Waals surface area contributed by atoms with Gasteiger partial charge in [0.2, 0.25) is 0 Å². The van der Waals surface area contributed by atoms with Crippen LogP contribution in [0.2, 0.25) is 0 Å². The van der Waals surface area contributed by atoms with Crippen LogP contribution in [-0.4, -0.2) is 18.2 Å². The van der Waals surface area contributed by atoms with Crippen molar-refractivity contribution in [3.05, 3.63) is 41.3 Å². The maximum absolute atomic E-state index is 12.4. The van der Waals surface area contributed by atoms with Gasteiger partial charge in [-0.15, -0.1) is 0 Å². The summed E-state index contributed by atoms with van der Waals surface area (Å²) in [5.74, 6) is 1.24. The highest BCUT2D eigenvalue weighted by Crippen LogP contribution is 2.26. The van der Waals surface area contributed by atoms with E-state index in [4.69, 9.17) is 9.26 Å². The first-order valence-corrected chi connectivity index (χ1v) is 7.21. The third-order valence-electron chi connectivity index (χ3n) is 3.77. The van der Waals surface area contributed by atoms with E-state index in [1.165, 1.54) is 0 Å². The zero-order chi connectivity index (χ0) is 14.7. The van der Waals surface area contributed by atoms with Gasteiger partial charge in [-0.2, -0.15) is 0 Å². The first-order chi connectivity index (χ1) is 10.3. The van der Waals surface area contributed by atoms with Crippen LogP contribution in [0.25, 0.3) is 0 Å². The number of ether oxygens (including phenoxy) is 1. The van der Waals surface area contributed by atoms with Crippen molar-refractivity contribution in [3.8, 4) is 5.75 Å². The van der Waals surface area contributed by atoms with Gasteiger partial charge in [-0.05, 0) is 31.4 Å². The Balaban J connectivity index is 1.84. The molecule has 5 heteroatoms. The van der Waals surface area contributed by atoms with E-state index in [0.717, 1.165) is 43.4 Å². The molecular formula is C16H18N2O3. The quantitative estimate of drug-likeness (QED) is 0.880. The molecule has 0 spiro atoms. The average Bonchev–Trinajstić information content (AvgIpc) is 2.77. The molecule has 110 valence electrons. The predicted molar refractivity (Wildman–Crippen MR) is 78.7 cm³/mol. The molecule has 1 aliphatic rings. The number of carbonyl (C=O) groups excluding carboxylic acids is 1. The minimum absolute atomic E-state index is 0.244. The van der Waals surface area contributed by atoms with Gasteiger partial charge < -0.3 is 14.6 Å². The van der Waals surface area contributed by atoms with Crippen LogP contribution in [0, 0.1) is 0 Å². The van der Waals surface area contributed by atoms with Gasteiger partial charge in [0.25, 0.3) is 5.91 Å². The summed E-state index contributed by atoms with van der Waals surface area (Å²) >= 11 is 0. The molecular weight excluding hydrogens is 268 g/mol. The number of nitrogens with one attached hydrogen (secondary N) is 1. The summed E-state index contributed by atoms with van der Waals surface area (Å²) in [7, 11) is 1.58. The van der Waals surface area contributed by atoms with Gasteiger partial charge >= 0.3 is 0 Å². The van der Waals surface area contributed by atoms with E-state index in [0.29, 0.717) is 17.1 Å². The van der Waals surface area contributed by atoms with Crippen LogP contribution in [0.4, 0.5) is 5.69 Å². The number of para-hydroxylation sites is 2. The molecule has 1 heterocycles. The summed E-state index contributed by atoms with van der Waals surface area (Å²) in [4.78, 5) is 12.4. The van der Waals surface area contributed by atoms with Crippen LogP contribution in [0.5, 0.6) is 5.75 Å². The van der Waals surface area contributed by atoms with Gasteiger partial charge in [-0.1, -0.05) is 23.7 Å². The van der Waals surface area contributed by atoms with Crippen LogP contribution in [-0.2, 0) is 12.8 Å². The Morgan fingerprint density at radius 1 is 1.24 bits per heavy atom. The molecule has 1 aromatic carbocycles. The normalized spacial score (nSPS) is 14.1. The molecule has 0 aliphatic heterocycles. The van der Waals surface area contributed by atoms with Crippen molar-refractivity contribution in [2.45, 2.75) is 32.1 Å². The van der Waals surface area contributed by atoms with E-state index >= 15 is 0 Å². The Morgan fingerprint density at radius 2 is 2.05 bits per heavy atom. The highest BCUT2D eigenvalue weighted by atomic mass is 16.5. The third-order valence-corrected chi connectivity index (χ3v) is 3.77. The maximum Gasteiger partial charge on any atom is 0.278 e. The molecule has 0 unspecified atom stereocenters. The molecule has 5 nitrogen and oxygen atoms in total. The highest BCUT2D eigenvalue weighted by Gasteiger charge is 2.23. The van der Waals surface area contributed by atoms with E-state index in [9.17, 15) is 4.79 Å². The van der Waals surface area contributed by atoms with Crippen molar-refractivity contribution >= 4 is 11.6 Å². The minimum Gasteiger partial charge on any atom is -0.495 e. The Hall–Kier alpha value is -2.30. The molecule has 1 aromatic heterocycles. The zero-order valence-corrected chi connectivity index (χ0v) is 12.0. The number of methoxy groups -OCH3 is 1. The predicted octanol–water partition coefficient (Wildman–Crippen LogP) is 3.20. The van der Waals surface area contributed by atoms with Crippen molar-refractivity contribution in [2.24, 2.45) is 0 Å². The number of fused-ring (bicyclic) bond motifs is 1. The topological polar surface area (TPSA) is 64.4 Å². The van der Waals surface area contributed by atoms with E-state index < -0.39 is 0 Å². The van der Waals surface area contributed by atoms with Crippen molar-refractivity contribution in [1.82, 2.24) is 5.16 Å². The van der Waals surface area contributed by atoms with E-state index in [1.54, 1.807) is 19.2 Å². The van der Waals surface area contributed by atoms with Crippen molar-refractivity contribution in [2.75, 3.05) is 12.4 Å². The number of anilines is 1. The number of amides is 1. The number of nitrogens with zero attached hydrogens (tertiary/aromatic N) is 1. The first kappa shape index (κ1) is 13.7. The summed E-state index contributed by atoms with van der Waals surface area (Å²) in [6, 6.07) is 7.31. The van der Waals surface area contributed by atoms with E-state index in [2.05, 4.69) is 10.5 Å². The standard InChI is InChI=1S/C16H18N2O3/c1-20-14-10-6-5-8-12(14)17-16(19)15-11-7-3-2-4-9-13(11)21-18-15/h5-6,8,10H,2-4,7,9H2,1H3,(H,17,19). The Morgan fingerprint density at radius 3 is 2.90 bits per heavy atom. The second-order valence-corrected chi connectivity index (χ2v) is 5.15. The molecule has 21 heavy (non-hydrogen) atoms. The number of carbonyl (C=O) groups is 1. The van der Waals surface area contributed by atoms with Gasteiger partial charge in [0.15, 0.2) is 5.69 Å². The van der Waals surface area contributed by atoms with Crippen LogP contribution in [0.1, 0.15) is 41.1 Å². The molecule has 0 saturated carbocycles. The van der Waals surface area contributed by atoms with E-state index in [1.807, 2.05) is 12.1 Å². The van der Waals surface area contributed by atoms with Crippen molar-refractivity contribution < 1.29 is 14.1 Å². The van der Waals surface area contributed by atoms with Crippen LogP contribution < -0.4 is 10.1 Å². The zero-order valence-electron chi connectivity index (χ0n) is 12.0. The van der Waals surface area contributed by atoms with Crippen molar-refractivity contribution in [3.63, 3.8) is 0 Å². The number of benzene rings is 1. The van der Waals surface area contributed by atoms with Crippen LogP contribution in [0.3, 0.4) is 0 Å². The molecule has 1 aliphatic carbocycles. The monoisotopic (exact) mass is 286 g/mol. The fourth-order valence-corrected chi connectivity index (χ4v) is 2.67. The summed E-state index contributed by atoms with van der Waals surface area (Å²) in [6.45, 7) is 0. The number of rotatable bonds is 3. The van der Waals surface area contributed by atoms with E-state index in [-0.39, 0.29) is 5.91 Å². The molecule has 0 bridgehead atoms. The second-order valence-electron chi connectivity index (χ2n) is 5.15. The van der Waals surface area contributed by atoms with Gasteiger partial charge in [-0.3, -0.25) is 4.79 Å². The molecule has 1 amide bonds. The van der Waals surface area contributed by atoms with Crippen LogP contribution >= 0.6 is 0 Å². The van der Waals surface area contributed by atoms with Crippen LogP contribution in [0.15, 0.2) is 28.8 Å². The number of aromatic nitrogens is 1.